The maximum absolute atomic E-state index is 13.5. The standard InChI is InChI=1S/C20H25F2N5/c21-17-4-3-16(13-18(17)22)25-8-5-15(6-9-25)26-10-7-19-23-20(14-1-2-14)24-27(19)12-11-26/h3-4,13-15H,1-2,5-12H2. The van der Waals surface area contributed by atoms with Gasteiger partial charge in [0, 0.05) is 56.3 Å². The van der Waals surface area contributed by atoms with Gasteiger partial charge in [-0.3, -0.25) is 4.90 Å². The first-order valence-corrected chi connectivity index (χ1v) is 10.0. The van der Waals surface area contributed by atoms with Gasteiger partial charge in [0.1, 0.15) is 5.82 Å². The van der Waals surface area contributed by atoms with E-state index in [0.29, 0.717) is 12.0 Å². The highest BCUT2D eigenvalue weighted by molar-refractivity contribution is 5.47. The van der Waals surface area contributed by atoms with Crippen molar-refractivity contribution in [2.75, 3.05) is 31.1 Å². The van der Waals surface area contributed by atoms with E-state index in [0.717, 1.165) is 69.3 Å². The largest absolute Gasteiger partial charge is 0.371 e. The number of piperidine rings is 1. The van der Waals surface area contributed by atoms with E-state index >= 15 is 0 Å². The molecule has 0 amide bonds. The second kappa shape index (κ2) is 6.86. The molecule has 1 saturated carbocycles. The van der Waals surface area contributed by atoms with Gasteiger partial charge in [-0.25, -0.2) is 18.4 Å². The lowest BCUT2D eigenvalue weighted by Crippen LogP contribution is -2.46. The predicted octanol–water partition coefficient (Wildman–Crippen LogP) is 2.96. The first-order valence-electron chi connectivity index (χ1n) is 10.0. The Kier molecular flexibility index (Phi) is 4.34. The quantitative estimate of drug-likeness (QED) is 0.829. The fourth-order valence-electron chi connectivity index (χ4n) is 4.39. The summed E-state index contributed by atoms with van der Waals surface area (Å²) in [6.07, 6.45) is 5.53. The third kappa shape index (κ3) is 3.45. The van der Waals surface area contributed by atoms with Gasteiger partial charge in [0.25, 0.3) is 0 Å². The lowest BCUT2D eigenvalue weighted by atomic mass is 10.0. The van der Waals surface area contributed by atoms with Gasteiger partial charge in [-0.1, -0.05) is 0 Å². The minimum Gasteiger partial charge on any atom is -0.371 e. The van der Waals surface area contributed by atoms with E-state index in [9.17, 15) is 8.78 Å². The summed E-state index contributed by atoms with van der Waals surface area (Å²) >= 11 is 0. The third-order valence-electron chi connectivity index (χ3n) is 6.18. The van der Waals surface area contributed by atoms with Gasteiger partial charge in [-0.2, -0.15) is 5.10 Å². The number of benzene rings is 1. The molecule has 1 aromatic heterocycles. The Morgan fingerprint density at radius 2 is 1.70 bits per heavy atom. The van der Waals surface area contributed by atoms with Gasteiger partial charge in [0.05, 0.1) is 6.54 Å². The molecule has 2 fully saturated rings. The van der Waals surface area contributed by atoms with E-state index in [2.05, 4.69) is 14.5 Å². The van der Waals surface area contributed by atoms with E-state index in [4.69, 9.17) is 10.1 Å². The van der Waals surface area contributed by atoms with Crippen molar-refractivity contribution in [2.24, 2.45) is 0 Å². The van der Waals surface area contributed by atoms with Crippen LogP contribution in [0.4, 0.5) is 14.5 Å². The number of hydrogen-bond acceptors (Lipinski definition) is 4. The smallest absolute Gasteiger partial charge is 0.160 e. The van der Waals surface area contributed by atoms with Crippen LogP contribution in [0.5, 0.6) is 0 Å². The number of rotatable bonds is 3. The molecule has 3 heterocycles. The third-order valence-corrected chi connectivity index (χ3v) is 6.18. The fourth-order valence-corrected chi connectivity index (χ4v) is 4.39. The van der Waals surface area contributed by atoms with Gasteiger partial charge in [0.15, 0.2) is 17.5 Å². The van der Waals surface area contributed by atoms with Crippen molar-refractivity contribution in [1.82, 2.24) is 19.7 Å². The molecule has 0 atom stereocenters. The van der Waals surface area contributed by atoms with Crippen LogP contribution in [-0.2, 0) is 13.0 Å². The highest BCUT2D eigenvalue weighted by atomic mass is 19.2. The summed E-state index contributed by atoms with van der Waals surface area (Å²) in [5, 5.41) is 4.72. The molecule has 5 nitrogen and oxygen atoms in total. The molecule has 0 N–H and O–H groups in total. The zero-order valence-electron chi connectivity index (χ0n) is 15.4. The Labute approximate surface area is 158 Å². The van der Waals surface area contributed by atoms with E-state index in [-0.39, 0.29) is 0 Å². The molecule has 0 radical (unpaired) electrons. The summed E-state index contributed by atoms with van der Waals surface area (Å²) in [6.45, 7) is 4.70. The molecule has 144 valence electrons. The number of aromatic nitrogens is 3. The lowest BCUT2D eigenvalue weighted by Gasteiger charge is -2.39. The van der Waals surface area contributed by atoms with Crippen molar-refractivity contribution in [3.05, 3.63) is 41.5 Å². The number of fused-ring (bicyclic) bond motifs is 1. The van der Waals surface area contributed by atoms with Crippen molar-refractivity contribution < 1.29 is 8.78 Å². The maximum Gasteiger partial charge on any atom is 0.160 e. The molecule has 3 aliphatic rings. The van der Waals surface area contributed by atoms with Gasteiger partial charge < -0.3 is 4.90 Å². The van der Waals surface area contributed by atoms with Crippen LogP contribution in [0.1, 0.15) is 43.3 Å². The fraction of sp³-hybridized carbons (Fsp3) is 0.600. The Bertz CT molecular complexity index is 798. The minimum atomic E-state index is -0.783. The van der Waals surface area contributed by atoms with Gasteiger partial charge in [-0.15, -0.1) is 0 Å². The summed E-state index contributed by atoms with van der Waals surface area (Å²) in [7, 11) is 0. The van der Waals surface area contributed by atoms with Gasteiger partial charge in [-0.05, 0) is 37.8 Å². The first-order chi connectivity index (χ1) is 13.2. The molecule has 0 unspecified atom stereocenters. The Morgan fingerprint density at radius 3 is 2.44 bits per heavy atom. The van der Waals surface area contributed by atoms with Crippen molar-refractivity contribution in [1.29, 1.82) is 0 Å². The van der Waals surface area contributed by atoms with Crippen LogP contribution in [0, 0.1) is 11.6 Å². The second-order valence-corrected chi connectivity index (χ2v) is 7.99. The topological polar surface area (TPSA) is 37.2 Å². The van der Waals surface area contributed by atoms with Crippen LogP contribution in [0.15, 0.2) is 18.2 Å². The summed E-state index contributed by atoms with van der Waals surface area (Å²) in [5.74, 6) is 1.25. The van der Waals surface area contributed by atoms with Crippen molar-refractivity contribution in [3.63, 3.8) is 0 Å². The van der Waals surface area contributed by atoms with Crippen molar-refractivity contribution >= 4 is 5.69 Å². The van der Waals surface area contributed by atoms with Crippen molar-refractivity contribution in [2.45, 2.75) is 50.6 Å². The van der Waals surface area contributed by atoms with E-state index in [1.54, 1.807) is 6.07 Å². The Morgan fingerprint density at radius 1 is 0.889 bits per heavy atom. The first kappa shape index (κ1) is 17.1. The summed E-state index contributed by atoms with van der Waals surface area (Å²) < 4.78 is 28.8. The summed E-state index contributed by atoms with van der Waals surface area (Å²) in [5.41, 5.74) is 0.778. The molecular formula is C20H25F2N5. The van der Waals surface area contributed by atoms with E-state index in [1.165, 1.54) is 25.0 Å². The van der Waals surface area contributed by atoms with Gasteiger partial charge in [0.2, 0.25) is 0 Å². The normalized spacial score (nSPS) is 21.9. The van der Waals surface area contributed by atoms with E-state index < -0.39 is 11.6 Å². The van der Waals surface area contributed by atoms with Crippen LogP contribution >= 0.6 is 0 Å². The SMILES string of the molecule is Fc1ccc(N2CCC(N3CCc4nc(C5CC5)nn4CC3)CC2)cc1F. The molecule has 0 spiro atoms. The molecule has 1 aliphatic carbocycles. The summed E-state index contributed by atoms with van der Waals surface area (Å²) in [6, 6.07) is 4.74. The molecule has 0 bridgehead atoms. The number of halogens is 2. The van der Waals surface area contributed by atoms with Crippen molar-refractivity contribution in [3.8, 4) is 0 Å². The van der Waals surface area contributed by atoms with Crippen LogP contribution in [0.25, 0.3) is 0 Å². The Balaban J connectivity index is 1.18. The Hall–Kier alpha value is -2.02. The van der Waals surface area contributed by atoms with Crippen LogP contribution < -0.4 is 4.90 Å². The lowest BCUT2D eigenvalue weighted by molar-refractivity contribution is 0.171. The highest BCUT2D eigenvalue weighted by Gasteiger charge is 2.31. The highest BCUT2D eigenvalue weighted by Crippen LogP contribution is 2.38. The molecule has 2 aliphatic heterocycles. The molecule has 7 heteroatoms. The molecule has 2 aromatic rings. The van der Waals surface area contributed by atoms with Gasteiger partial charge >= 0.3 is 0 Å². The number of nitrogens with zero attached hydrogens (tertiary/aromatic N) is 5. The average Bonchev–Trinajstić information content (AvgIpc) is 3.49. The zero-order valence-corrected chi connectivity index (χ0v) is 15.4. The van der Waals surface area contributed by atoms with Crippen LogP contribution in [0.2, 0.25) is 0 Å². The summed E-state index contributed by atoms with van der Waals surface area (Å²) in [4.78, 5) is 9.49. The molecular weight excluding hydrogens is 348 g/mol. The molecule has 27 heavy (non-hydrogen) atoms. The molecule has 1 aromatic carbocycles. The van der Waals surface area contributed by atoms with E-state index in [1.807, 2.05) is 0 Å². The monoisotopic (exact) mass is 373 g/mol. The van der Waals surface area contributed by atoms with Crippen LogP contribution in [0.3, 0.4) is 0 Å². The maximum atomic E-state index is 13.5. The predicted molar refractivity (Wildman–Crippen MR) is 98.9 cm³/mol. The number of hydrogen-bond donors (Lipinski definition) is 0. The minimum absolute atomic E-state index is 0.541. The number of anilines is 1. The second-order valence-electron chi connectivity index (χ2n) is 7.99. The zero-order chi connectivity index (χ0) is 18.4. The molecule has 1 saturated heterocycles. The molecule has 5 rings (SSSR count). The van der Waals surface area contributed by atoms with Crippen LogP contribution in [-0.4, -0.2) is 51.9 Å². The average molecular weight is 373 g/mol.